The summed E-state index contributed by atoms with van der Waals surface area (Å²) >= 11 is 0. The van der Waals surface area contributed by atoms with Crippen LogP contribution in [0.25, 0.3) is 10.9 Å². The number of aromatic nitrogens is 3. The molecular formula is C28H39N9O3. The molecule has 0 radical (unpaired) electrons. The van der Waals surface area contributed by atoms with E-state index in [-0.39, 0.29) is 11.9 Å². The zero-order chi connectivity index (χ0) is 28.9. The number of piperazine rings is 1. The highest BCUT2D eigenvalue weighted by molar-refractivity contribution is 6.40. The van der Waals surface area contributed by atoms with Gasteiger partial charge in [0.05, 0.1) is 36.0 Å². The first-order chi connectivity index (χ1) is 19.0. The molecule has 2 aliphatic rings. The van der Waals surface area contributed by atoms with Crippen molar-refractivity contribution in [1.29, 1.82) is 0 Å². The minimum Gasteiger partial charge on any atom is -0.336 e. The quantitative estimate of drug-likeness (QED) is 0.414. The Hall–Kier alpha value is -4.03. The van der Waals surface area contributed by atoms with Crippen molar-refractivity contribution in [2.24, 2.45) is 5.41 Å². The maximum atomic E-state index is 12.6. The van der Waals surface area contributed by atoms with Gasteiger partial charge in [-0.1, -0.05) is 39.0 Å². The zero-order valence-corrected chi connectivity index (χ0v) is 23.8. The molecule has 214 valence electrons. The fourth-order valence-corrected chi connectivity index (χ4v) is 4.62. The molecule has 12 nitrogen and oxygen atoms in total. The molecule has 0 spiro atoms. The van der Waals surface area contributed by atoms with E-state index in [1.807, 2.05) is 33.8 Å². The molecule has 40 heavy (non-hydrogen) atoms. The maximum absolute atomic E-state index is 12.6. The molecule has 0 saturated carbocycles. The van der Waals surface area contributed by atoms with Gasteiger partial charge in [0.2, 0.25) is 5.91 Å². The van der Waals surface area contributed by atoms with E-state index in [2.05, 4.69) is 67.1 Å². The molecule has 2 fully saturated rings. The van der Waals surface area contributed by atoms with Crippen LogP contribution < -0.4 is 15.8 Å². The first-order valence-electron chi connectivity index (χ1n) is 13.5. The molecule has 0 aliphatic carbocycles. The third-order valence-electron chi connectivity index (χ3n) is 6.92. The molecule has 2 saturated heterocycles. The number of hydrogen-bond donors (Lipinski definition) is 3. The van der Waals surface area contributed by atoms with E-state index < -0.39 is 17.2 Å². The number of carbonyl (C=O) groups excluding carboxylic acids is 3. The average Bonchev–Trinajstić information content (AvgIpc) is 3.43. The lowest BCUT2D eigenvalue weighted by Gasteiger charge is -2.42. The topological polar surface area (TPSA) is 130 Å². The van der Waals surface area contributed by atoms with Crippen molar-refractivity contribution in [3.63, 3.8) is 0 Å². The summed E-state index contributed by atoms with van der Waals surface area (Å²) < 4.78 is 0. The van der Waals surface area contributed by atoms with Gasteiger partial charge in [-0.05, 0) is 26.1 Å². The number of hydrogen-bond acceptors (Lipinski definition) is 8. The van der Waals surface area contributed by atoms with Crippen LogP contribution in [0.3, 0.4) is 0 Å². The minimum atomic E-state index is -0.735. The first-order valence-corrected chi connectivity index (χ1v) is 13.5. The standard InChI is InChI=1S/C18H24N6O3.C10H15N3/c1-11-10-23(5-6-24(11)17(27)18(2,3)4)16(26)15(25)21-13-9-19-7-12-8-20-22-14(12)13;1-12-7-8-13(11-9-12)10-5-3-2-4-6-10/h7-9,11H,5-6,10H2,1-4H3,(H,20,22)(H,21,25);2-6,11H,7-9H2,1H3. The van der Waals surface area contributed by atoms with Crippen LogP contribution in [0, 0.1) is 5.41 Å². The van der Waals surface area contributed by atoms with Crippen LogP contribution in [0.1, 0.15) is 27.7 Å². The summed E-state index contributed by atoms with van der Waals surface area (Å²) in [5.74, 6) is -1.31. The molecule has 1 unspecified atom stereocenters. The number of aromatic amines is 1. The van der Waals surface area contributed by atoms with Crippen LogP contribution in [-0.4, -0.2) is 100 Å². The van der Waals surface area contributed by atoms with Crippen LogP contribution >= 0.6 is 0 Å². The van der Waals surface area contributed by atoms with E-state index in [0.29, 0.717) is 30.8 Å². The molecule has 2 aliphatic heterocycles. The van der Waals surface area contributed by atoms with Gasteiger partial charge in [-0.3, -0.25) is 29.4 Å². The molecule has 1 atom stereocenters. The van der Waals surface area contributed by atoms with Gasteiger partial charge in [0, 0.05) is 55.8 Å². The van der Waals surface area contributed by atoms with Crippen molar-refractivity contribution in [2.75, 3.05) is 56.8 Å². The van der Waals surface area contributed by atoms with E-state index in [1.54, 1.807) is 17.3 Å². The number of hydrazine groups is 1. The van der Waals surface area contributed by atoms with Crippen molar-refractivity contribution >= 4 is 40.0 Å². The van der Waals surface area contributed by atoms with Gasteiger partial charge in [-0.2, -0.15) is 5.10 Å². The Morgan fingerprint density at radius 1 is 1.00 bits per heavy atom. The Kier molecular flexibility index (Phi) is 9.00. The Bertz CT molecular complexity index is 1310. The number of pyridine rings is 1. The molecule has 3 amide bonds. The van der Waals surface area contributed by atoms with Gasteiger partial charge < -0.3 is 20.1 Å². The number of amides is 3. The van der Waals surface area contributed by atoms with Crippen LogP contribution in [0.2, 0.25) is 0 Å². The number of H-pyrrole nitrogens is 1. The summed E-state index contributed by atoms with van der Waals surface area (Å²) in [7, 11) is 2.12. The summed E-state index contributed by atoms with van der Waals surface area (Å²) in [6.45, 7) is 11.6. The van der Waals surface area contributed by atoms with Gasteiger partial charge in [0.1, 0.15) is 0 Å². The SMILES string of the molecule is CC1CN(C(=O)C(=O)Nc2cncc3cn[nH]c23)CCN1C(=O)C(C)(C)C.CN1CCN(c2ccccc2)NC1. The van der Waals surface area contributed by atoms with Crippen LogP contribution in [0.4, 0.5) is 11.4 Å². The number of nitrogens with zero attached hydrogens (tertiary/aromatic N) is 6. The normalized spacial score (nSPS) is 18.2. The molecular weight excluding hydrogens is 510 g/mol. The number of nitrogens with one attached hydrogen (secondary N) is 3. The van der Waals surface area contributed by atoms with Crippen molar-refractivity contribution in [1.82, 2.24) is 35.3 Å². The van der Waals surface area contributed by atoms with Gasteiger partial charge >= 0.3 is 11.8 Å². The number of para-hydroxylation sites is 1. The maximum Gasteiger partial charge on any atom is 0.314 e. The largest absolute Gasteiger partial charge is 0.336 e. The lowest BCUT2D eigenvalue weighted by molar-refractivity contribution is -0.150. The summed E-state index contributed by atoms with van der Waals surface area (Å²) in [4.78, 5) is 47.0. The lowest BCUT2D eigenvalue weighted by atomic mass is 9.93. The Morgan fingerprint density at radius 2 is 1.75 bits per heavy atom. The molecule has 1 aromatic carbocycles. The highest BCUT2D eigenvalue weighted by Crippen LogP contribution is 2.22. The second-order valence-corrected chi connectivity index (χ2v) is 11.2. The van der Waals surface area contributed by atoms with Crippen LogP contribution in [0.5, 0.6) is 0 Å². The van der Waals surface area contributed by atoms with Crippen LogP contribution in [-0.2, 0) is 14.4 Å². The molecule has 4 heterocycles. The van der Waals surface area contributed by atoms with Crippen molar-refractivity contribution < 1.29 is 14.4 Å². The second kappa shape index (κ2) is 12.4. The van der Waals surface area contributed by atoms with Crippen molar-refractivity contribution in [3.05, 3.63) is 48.9 Å². The number of carbonyl (C=O) groups is 3. The first kappa shape index (κ1) is 29.0. The number of fused-ring (bicyclic) bond motifs is 1. The van der Waals surface area contributed by atoms with Gasteiger partial charge in [-0.25, -0.2) is 5.43 Å². The van der Waals surface area contributed by atoms with E-state index in [9.17, 15) is 14.4 Å². The summed E-state index contributed by atoms with van der Waals surface area (Å²) in [5.41, 5.74) is 5.12. The van der Waals surface area contributed by atoms with Gasteiger partial charge in [0.25, 0.3) is 0 Å². The Labute approximate surface area is 234 Å². The van der Waals surface area contributed by atoms with E-state index in [0.717, 1.165) is 25.1 Å². The summed E-state index contributed by atoms with van der Waals surface area (Å²) in [6.07, 6.45) is 4.67. The summed E-state index contributed by atoms with van der Waals surface area (Å²) in [5, 5.41) is 12.2. The third-order valence-corrected chi connectivity index (χ3v) is 6.92. The molecule has 0 bridgehead atoms. The smallest absolute Gasteiger partial charge is 0.314 e. The van der Waals surface area contributed by atoms with Crippen LogP contribution in [0.15, 0.2) is 48.9 Å². The fraction of sp³-hybridized carbons (Fsp3) is 0.464. The van der Waals surface area contributed by atoms with E-state index in [1.165, 1.54) is 16.8 Å². The van der Waals surface area contributed by atoms with Crippen molar-refractivity contribution in [2.45, 2.75) is 33.7 Å². The molecule has 5 rings (SSSR count). The fourth-order valence-electron chi connectivity index (χ4n) is 4.62. The number of likely N-dealkylation sites (N-methyl/N-ethyl adjacent to an activating group) is 1. The van der Waals surface area contributed by atoms with E-state index >= 15 is 0 Å². The lowest BCUT2D eigenvalue weighted by Crippen LogP contribution is -2.58. The zero-order valence-electron chi connectivity index (χ0n) is 23.8. The minimum absolute atomic E-state index is 0.0450. The molecule has 3 N–H and O–H groups in total. The van der Waals surface area contributed by atoms with Crippen molar-refractivity contribution in [3.8, 4) is 0 Å². The number of benzene rings is 1. The Morgan fingerprint density at radius 3 is 2.40 bits per heavy atom. The van der Waals surface area contributed by atoms with Gasteiger partial charge in [-0.15, -0.1) is 0 Å². The molecule has 2 aromatic heterocycles. The molecule has 3 aromatic rings. The predicted molar refractivity (Wildman–Crippen MR) is 154 cm³/mol. The van der Waals surface area contributed by atoms with E-state index in [4.69, 9.17) is 0 Å². The van der Waals surface area contributed by atoms with Gasteiger partial charge in [0.15, 0.2) is 0 Å². The number of rotatable bonds is 2. The third kappa shape index (κ3) is 6.93. The molecule has 12 heteroatoms. The second-order valence-electron chi connectivity index (χ2n) is 11.2. The monoisotopic (exact) mass is 549 g/mol. The summed E-state index contributed by atoms with van der Waals surface area (Å²) in [6, 6.07) is 10.3. The predicted octanol–water partition coefficient (Wildman–Crippen LogP) is 1.90. The average molecular weight is 550 g/mol. The highest BCUT2D eigenvalue weighted by atomic mass is 16.2. The highest BCUT2D eigenvalue weighted by Gasteiger charge is 2.36. The Balaban J connectivity index is 0.000000236. The number of anilines is 2.